The van der Waals surface area contributed by atoms with Crippen LogP contribution in [0, 0.1) is 0 Å². The number of hydrogen-bond acceptors (Lipinski definition) is 6. The van der Waals surface area contributed by atoms with Gasteiger partial charge in [-0.25, -0.2) is 9.78 Å². The third-order valence-electron chi connectivity index (χ3n) is 5.71. The Labute approximate surface area is 168 Å². The van der Waals surface area contributed by atoms with E-state index in [9.17, 15) is 14.4 Å². The summed E-state index contributed by atoms with van der Waals surface area (Å²) in [4.78, 5) is 50.4. The van der Waals surface area contributed by atoms with Crippen LogP contribution in [0.15, 0.2) is 42.7 Å². The topological polar surface area (TPSA) is 113 Å². The van der Waals surface area contributed by atoms with Crippen LogP contribution in [0.3, 0.4) is 0 Å². The first-order chi connectivity index (χ1) is 13.9. The summed E-state index contributed by atoms with van der Waals surface area (Å²) in [6.45, 7) is 1.40. The molecule has 2 N–H and O–H groups in total. The molecule has 4 amide bonds. The van der Waals surface area contributed by atoms with E-state index in [1.165, 1.54) is 18.1 Å². The van der Waals surface area contributed by atoms with Gasteiger partial charge in [-0.3, -0.25) is 19.5 Å². The van der Waals surface area contributed by atoms with Crippen LogP contribution >= 0.6 is 0 Å². The molecule has 0 atom stereocenters. The first-order valence-electron chi connectivity index (χ1n) is 9.43. The molecule has 2 aromatic rings. The molecule has 2 saturated heterocycles. The van der Waals surface area contributed by atoms with E-state index in [1.54, 1.807) is 11.1 Å². The van der Waals surface area contributed by atoms with Crippen LogP contribution in [0.25, 0.3) is 0 Å². The first kappa shape index (κ1) is 18.9. The maximum absolute atomic E-state index is 13.0. The molecule has 9 nitrogen and oxygen atoms in total. The van der Waals surface area contributed by atoms with E-state index in [-0.39, 0.29) is 17.6 Å². The summed E-state index contributed by atoms with van der Waals surface area (Å²) in [6.07, 6.45) is 3.83. The summed E-state index contributed by atoms with van der Waals surface area (Å²) in [5.41, 5.74) is 5.50. The molecular formula is C20H22N6O3. The second-order valence-corrected chi connectivity index (χ2v) is 7.36. The number of anilines is 1. The molecule has 4 rings (SSSR count). The molecule has 1 spiro atoms. The highest BCUT2D eigenvalue weighted by Crippen LogP contribution is 2.38. The molecule has 0 bridgehead atoms. The fourth-order valence-electron chi connectivity index (χ4n) is 4.08. The Kier molecular flexibility index (Phi) is 4.65. The smallest absolute Gasteiger partial charge is 0.327 e. The zero-order valence-corrected chi connectivity index (χ0v) is 16.1. The van der Waals surface area contributed by atoms with Gasteiger partial charge in [0.15, 0.2) is 0 Å². The lowest BCUT2D eigenvalue weighted by Gasteiger charge is -2.42. The molecule has 1 aromatic carbocycles. The summed E-state index contributed by atoms with van der Waals surface area (Å²) < 4.78 is 0. The number of aromatic nitrogens is 2. The number of urea groups is 1. The van der Waals surface area contributed by atoms with Crippen LogP contribution in [0.2, 0.25) is 0 Å². The minimum Gasteiger partial charge on any atom is -0.364 e. The second-order valence-electron chi connectivity index (χ2n) is 7.36. The van der Waals surface area contributed by atoms with E-state index in [0.717, 1.165) is 5.56 Å². The van der Waals surface area contributed by atoms with Gasteiger partial charge in [0.2, 0.25) is 0 Å². The summed E-state index contributed by atoms with van der Waals surface area (Å²) >= 11 is 0. The Morgan fingerprint density at radius 3 is 2.48 bits per heavy atom. The molecule has 0 radical (unpaired) electrons. The van der Waals surface area contributed by atoms with Gasteiger partial charge in [-0.05, 0) is 18.4 Å². The van der Waals surface area contributed by atoms with E-state index in [2.05, 4.69) is 9.97 Å². The molecule has 0 saturated carbocycles. The first-order valence-corrected chi connectivity index (χ1v) is 9.43. The molecule has 2 aliphatic heterocycles. The number of nitrogens with two attached hydrogens (primary N) is 1. The van der Waals surface area contributed by atoms with Gasteiger partial charge in [-0.1, -0.05) is 30.3 Å². The van der Waals surface area contributed by atoms with Gasteiger partial charge in [0.1, 0.15) is 17.1 Å². The minimum absolute atomic E-state index is 0.0975. The number of imide groups is 1. The summed E-state index contributed by atoms with van der Waals surface area (Å²) in [6, 6.07) is 9.38. The number of carbonyl (C=O) groups is 3. The number of amides is 4. The predicted octanol–water partition coefficient (Wildman–Crippen LogP) is 1.01. The average molecular weight is 394 g/mol. The molecule has 29 heavy (non-hydrogen) atoms. The molecule has 150 valence electrons. The quantitative estimate of drug-likeness (QED) is 0.775. The number of rotatable bonds is 4. The van der Waals surface area contributed by atoms with Crippen LogP contribution in [-0.4, -0.2) is 63.3 Å². The zero-order chi connectivity index (χ0) is 20.6. The summed E-state index contributed by atoms with van der Waals surface area (Å²) in [5, 5.41) is 0. The minimum atomic E-state index is -0.868. The summed E-state index contributed by atoms with van der Waals surface area (Å²) in [5.74, 6) is -0.272. The Morgan fingerprint density at radius 2 is 1.83 bits per heavy atom. The maximum Gasteiger partial charge on any atom is 0.327 e. The van der Waals surface area contributed by atoms with Crippen molar-refractivity contribution in [3.05, 3.63) is 54.0 Å². The normalized spacial score (nSPS) is 18.6. The van der Waals surface area contributed by atoms with Gasteiger partial charge >= 0.3 is 6.03 Å². The molecular weight excluding hydrogens is 372 g/mol. The van der Waals surface area contributed by atoms with Crippen molar-refractivity contribution in [3.63, 3.8) is 0 Å². The Morgan fingerprint density at radius 1 is 1.14 bits per heavy atom. The van der Waals surface area contributed by atoms with E-state index in [1.807, 2.05) is 35.2 Å². The van der Waals surface area contributed by atoms with Crippen LogP contribution < -0.4 is 10.6 Å². The van der Waals surface area contributed by atoms with Crippen molar-refractivity contribution in [2.75, 3.05) is 25.0 Å². The van der Waals surface area contributed by atoms with E-state index < -0.39 is 11.4 Å². The lowest BCUT2D eigenvalue weighted by Crippen LogP contribution is -2.56. The largest absolute Gasteiger partial charge is 0.364 e. The van der Waals surface area contributed by atoms with E-state index in [0.29, 0.717) is 38.3 Å². The molecule has 2 aliphatic rings. The van der Waals surface area contributed by atoms with Crippen molar-refractivity contribution in [2.24, 2.45) is 5.73 Å². The van der Waals surface area contributed by atoms with E-state index in [4.69, 9.17) is 5.73 Å². The Bertz CT molecular complexity index is 956. The van der Waals surface area contributed by atoms with Crippen molar-refractivity contribution in [2.45, 2.75) is 24.9 Å². The van der Waals surface area contributed by atoms with Gasteiger partial charge in [-0.2, -0.15) is 0 Å². The van der Waals surface area contributed by atoms with Gasteiger partial charge in [0.25, 0.3) is 11.8 Å². The number of likely N-dealkylation sites (N-methyl/N-ethyl adjacent to an activating group) is 1. The van der Waals surface area contributed by atoms with Crippen molar-refractivity contribution < 1.29 is 14.4 Å². The third-order valence-corrected chi connectivity index (χ3v) is 5.71. The standard InChI is InChI=1S/C20H22N6O3/c1-24-18(28)20(26(19(24)29)13-14-5-3-2-4-6-14)7-9-25(10-8-20)16-12-22-11-15(23-16)17(21)27/h2-6,11-12H,7-10,13H2,1H3,(H2,21,27). The molecule has 3 heterocycles. The number of piperidine rings is 1. The van der Waals surface area contributed by atoms with Crippen molar-refractivity contribution >= 4 is 23.7 Å². The maximum atomic E-state index is 13.0. The van der Waals surface area contributed by atoms with Crippen molar-refractivity contribution in [1.29, 1.82) is 0 Å². The van der Waals surface area contributed by atoms with Crippen LogP contribution in [0.1, 0.15) is 28.9 Å². The fraction of sp³-hybridized carbons (Fsp3) is 0.350. The monoisotopic (exact) mass is 394 g/mol. The Hall–Kier alpha value is -3.49. The Balaban J connectivity index is 1.57. The number of benzene rings is 1. The van der Waals surface area contributed by atoms with Crippen molar-refractivity contribution in [1.82, 2.24) is 19.8 Å². The highest BCUT2D eigenvalue weighted by molar-refractivity contribution is 6.06. The number of carbonyl (C=O) groups excluding carboxylic acids is 3. The highest BCUT2D eigenvalue weighted by atomic mass is 16.2. The van der Waals surface area contributed by atoms with E-state index >= 15 is 0 Å². The zero-order valence-electron chi connectivity index (χ0n) is 16.1. The average Bonchev–Trinajstić information content (AvgIpc) is 2.91. The van der Waals surface area contributed by atoms with Gasteiger partial charge in [0, 0.05) is 26.7 Å². The van der Waals surface area contributed by atoms with Gasteiger partial charge < -0.3 is 15.5 Å². The number of nitrogens with zero attached hydrogens (tertiary/aromatic N) is 5. The predicted molar refractivity (Wildman–Crippen MR) is 105 cm³/mol. The highest BCUT2D eigenvalue weighted by Gasteiger charge is 2.56. The van der Waals surface area contributed by atoms with Gasteiger partial charge in [-0.15, -0.1) is 0 Å². The van der Waals surface area contributed by atoms with Crippen molar-refractivity contribution in [3.8, 4) is 0 Å². The number of hydrogen-bond donors (Lipinski definition) is 1. The van der Waals surface area contributed by atoms with Crippen LogP contribution in [-0.2, 0) is 11.3 Å². The summed E-state index contributed by atoms with van der Waals surface area (Å²) in [7, 11) is 1.53. The SMILES string of the molecule is CN1C(=O)N(Cc2ccccc2)C2(CCN(c3cncc(C(N)=O)n3)CC2)C1=O. The van der Waals surface area contributed by atoms with Crippen LogP contribution in [0.5, 0.6) is 0 Å². The lowest BCUT2D eigenvalue weighted by atomic mass is 9.85. The molecule has 2 fully saturated rings. The van der Waals surface area contributed by atoms with Gasteiger partial charge in [0.05, 0.1) is 12.4 Å². The number of primary amides is 1. The molecule has 9 heteroatoms. The second kappa shape index (κ2) is 7.16. The van der Waals surface area contributed by atoms with Crippen LogP contribution in [0.4, 0.5) is 10.6 Å². The molecule has 0 unspecified atom stereocenters. The molecule has 0 aliphatic carbocycles. The molecule has 1 aromatic heterocycles. The lowest BCUT2D eigenvalue weighted by molar-refractivity contribution is -0.133. The third kappa shape index (κ3) is 3.18. The fourth-order valence-corrected chi connectivity index (χ4v) is 4.08.